The Kier molecular flexibility index (Phi) is 8.93. The second kappa shape index (κ2) is 13.8. The fourth-order valence-electron chi connectivity index (χ4n) is 7.31. The lowest BCUT2D eigenvalue weighted by Gasteiger charge is -2.22. The highest BCUT2D eigenvalue weighted by molar-refractivity contribution is 5.87. The van der Waals surface area contributed by atoms with Crippen molar-refractivity contribution in [3.05, 3.63) is 103 Å². The van der Waals surface area contributed by atoms with Crippen molar-refractivity contribution in [2.24, 2.45) is 0 Å². The van der Waals surface area contributed by atoms with Crippen LogP contribution in [-0.2, 0) is 14.3 Å². The summed E-state index contributed by atoms with van der Waals surface area (Å²) in [4.78, 5) is 46.4. The van der Waals surface area contributed by atoms with Crippen LogP contribution in [0.5, 0.6) is 0 Å². The molecule has 8 rings (SSSR count). The van der Waals surface area contributed by atoms with Gasteiger partial charge in [0.15, 0.2) is 22.8 Å². The number of imidazole rings is 2. The normalized spacial score (nSPS) is 22.1. The smallest absolute Gasteiger partial charge is 0.327 e. The van der Waals surface area contributed by atoms with Crippen molar-refractivity contribution >= 4 is 40.6 Å². The van der Waals surface area contributed by atoms with Crippen LogP contribution in [0.3, 0.4) is 0 Å². The Balaban J connectivity index is 1.16. The first-order chi connectivity index (χ1) is 25.3. The summed E-state index contributed by atoms with van der Waals surface area (Å²) in [6.07, 6.45) is 8.61. The largest absolute Gasteiger partial charge is 0.367 e. The van der Waals surface area contributed by atoms with Crippen LogP contribution in [0.4, 0.5) is 16.6 Å². The van der Waals surface area contributed by atoms with Crippen LogP contribution in [0.15, 0.2) is 91.8 Å². The van der Waals surface area contributed by atoms with E-state index in [9.17, 15) is 9.59 Å². The van der Waals surface area contributed by atoms with E-state index in [1.807, 2.05) is 43.5 Å². The maximum Gasteiger partial charge on any atom is 0.327 e. The van der Waals surface area contributed by atoms with E-state index in [-0.39, 0.29) is 29.9 Å². The molecule has 0 spiro atoms. The minimum atomic E-state index is -0.844. The minimum Gasteiger partial charge on any atom is -0.367 e. The molecular formula is C38H42N10O4. The molecule has 4 atom stereocenters. The quantitative estimate of drug-likeness (QED) is 0.191. The van der Waals surface area contributed by atoms with Crippen molar-refractivity contribution in [1.29, 1.82) is 0 Å². The maximum atomic E-state index is 12.8. The monoisotopic (exact) mass is 702 g/mol. The second-order valence-electron chi connectivity index (χ2n) is 13.8. The number of nitrogens with zero attached hydrogens (tertiary/aromatic N) is 7. The molecule has 14 nitrogen and oxygen atoms in total. The number of anilines is 2. The van der Waals surface area contributed by atoms with Gasteiger partial charge in [0, 0.05) is 50.4 Å². The highest BCUT2D eigenvalue weighted by Gasteiger charge is 2.51. The average Bonchev–Trinajstić information content (AvgIpc) is 4.00. The number of amides is 2. The van der Waals surface area contributed by atoms with Gasteiger partial charge in [-0.15, -0.1) is 0 Å². The van der Waals surface area contributed by atoms with E-state index in [0.29, 0.717) is 49.0 Å². The Morgan fingerprint density at radius 3 is 2.42 bits per heavy atom. The van der Waals surface area contributed by atoms with Gasteiger partial charge < -0.3 is 30.3 Å². The first-order valence-electron chi connectivity index (χ1n) is 17.8. The van der Waals surface area contributed by atoms with Crippen molar-refractivity contribution in [1.82, 2.24) is 39.7 Å². The predicted molar refractivity (Wildman–Crippen MR) is 196 cm³/mol. The van der Waals surface area contributed by atoms with Crippen LogP contribution >= 0.6 is 0 Å². The molecule has 3 aliphatic rings. The van der Waals surface area contributed by atoms with E-state index in [1.165, 1.54) is 22.0 Å². The van der Waals surface area contributed by atoms with Crippen molar-refractivity contribution in [2.45, 2.75) is 69.6 Å². The van der Waals surface area contributed by atoms with Crippen LogP contribution in [0.1, 0.15) is 50.7 Å². The van der Waals surface area contributed by atoms with E-state index >= 15 is 0 Å². The summed E-state index contributed by atoms with van der Waals surface area (Å²) in [5.74, 6) is 0.234. The Labute approximate surface area is 301 Å². The molecule has 3 aromatic heterocycles. The Bertz CT molecular complexity index is 2040. The number of hydrogen-bond acceptors (Lipinski definition) is 10. The number of aromatic nitrogens is 6. The van der Waals surface area contributed by atoms with Crippen molar-refractivity contribution < 1.29 is 19.1 Å². The molecule has 14 heteroatoms. The third-order valence-electron chi connectivity index (χ3n) is 9.85. The van der Waals surface area contributed by atoms with E-state index in [1.54, 1.807) is 18.7 Å². The molecular weight excluding hydrogens is 660 g/mol. The summed E-state index contributed by atoms with van der Waals surface area (Å²) >= 11 is 0. The molecule has 5 aromatic rings. The van der Waals surface area contributed by atoms with Gasteiger partial charge >= 0.3 is 6.03 Å². The average molecular weight is 703 g/mol. The molecule has 2 fully saturated rings. The Hall–Kier alpha value is -5.60. The van der Waals surface area contributed by atoms with E-state index in [2.05, 4.69) is 74.4 Å². The zero-order valence-electron chi connectivity index (χ0n) is 29.3. The van der Waals surface area contributed by atoms with Crippen LogP contribution in [0, 0.1) is 0 Å². The summed E-state index contributed by atoms with van der Waals surface area (Å²) < 4.78 is 16.1. The van der Waals surface area contributed by atoms with Crippen LogP contribution in [0.2, 0.25) is 0 Å². The number of ether oxygens (including phenoxy) is 2. The standard InChI is InChI=1S/C38H42N10O4/c1-4-30(49)43-28-19-29(33-32(28)51-38(2,3)52-33)48-23-41-31-34(40-20-27(24-11-7-5-8-12-24)25-13-9-6-10-14-25)44-36(45-35(31)48)46-17-15-26(21-46)42-37(50)47-18-16-39-22-47/h5-14,16,18-19,22-23,26-28,32-33H,4,15,17,20-21H2,1-3H3,(H,42,50)(H,43,49)(H,40,44,45)/t26-,28+,32-,33+/m1/s1. The number of benzene rings is 2. The summed E-state index contributed by atoms with van der Waals surface area (Å²) in [5.41, 5.74) is 4.33. The van der Waals surface area contributed by atoms with Gasteiger partial charge in [0.2, 0.25) is 11.9 Å². The molecule has 2 aliphatic heterocycles. The highest BCUT2D eigenvalue weighted by atomic mass is 16.8. The van der Waals surface area contributed by atoms with Crippen molar-refractivity contribution in [3.8, 4) is 0 Å². The molecule has 2 saturated heterocycles. The molecule has 0 radical (unpaired) electrons. The molecule has 5 heterocycles. The summed E-state index contributed by atoms with van der Waals surface area (Å²) in [6, 6.07) is 20.1. The number of rotatable bonds is 10. The molecule has 52 heavy (non-hydrogen) atoms. The lowest BCUT2D eigenvalue weighted by Crippen LogP contribution is -2.43. The maximum absolute atomic E-state index is 12.8. The van der Waals surface area contributed by atoms with Crippen molar-refractivity contribution in [3.63, 3.8) is 0 Å². The van der Waals surface area contributed by atoms with E-state index in [4.69, 9.17) is 24.4 Å². The number of hydrogen-bond donors (Lipinski definition) is 3. The van der Waals surface area contributed by atoms with Crippen LogP contribution in [-0.4, -0.2) is 90.7 Å². The topological polar surface area (TPSA) is 153 Å². The van der Waals surface area contributed by atoms with Gasteiger partial charge in [-0.25, -0.2) is 14.8 Å². The Morgan fingerprint density at radius 1 is 0.981 bits per heavy atom. The number of fused-ring (bicyclic) bond motifs is 2. The van der Waals surface area contributed by atoms with Gasteiger partial charge in [0.25, 0.3) is 0 Å². The van der Waals surface area contributed by atoms with Crippen molar-refractivity contribution in [2.75, 3.05) is 29.9 Å². The van der Waals surface area contributed by atoms with Gasteiger partial charge in [0.1, 0.15) is 24.9 Å². The van der Waals surface area contributed by atoms with Gasteiger partial charge in [-0.2, -0.15) is 9.97 Å². The fourth-order valence-corrected chi connectivity index (χ4v) is 7.31. The predicted octanol–water partition coefficient (Wildman–Crippen LogP) is 4.37. The van der Waals surface area contributed by atoms with Crippen LogP contribution in [0.25, 0.3) is 16.9 Å². The third-order valence-corrected chi connectivity index (χ3v) is 9.85. The zero-order valence-corrected chi connectivity index (χ0v) is 29.3. The van der Waals surface area contributed by atoms with E-state index in [0.717, 1.165) is 12.1 Å². The summed E-state index contributed by atoms with van der Waals surface area (Å²) in [6.45, 7) is 7.31. The van der Waals surface area contributed by atoms with Gasteiger partial charge in [-0.05, 0) is 37.5 Å². The molecule has 1 aliphatic carbocycles. The first-order valence-corrected chi connectivity index (χ1v) is 17.8. The molecule has 0 bridgehead atoms. The lowest BCUT2D eigenvalue weighted by molar-refractivity contribution is -0.146. The second-order valence-corrected chi connectivity index (χ2v) is 13.8. The molecule has 0 saturated carbocycles. The highest BCUT2D eigenvalue weighted by Crippen LogP contribution is 2.41. The van der Waals surface area contributed by atoms with Gasteiger partial charge in [-0.3, -0.25) is 13.9 Å². The molecule has 3 N–H and O–H groups in total. The van der Waals surface area contributed by atoms with Gasteiger partial charge in [0.05, 0.1) is 11.7 Å². The summed E-state index contributed by atoms with van der Waals surface area (Å²) in [7, 11) is 0. The molecule has 2 amide bonds. The minimum absolute atomic E-state index is 0.0417. The Morgan fingerprint density at radius 2 is 1.73 bits per heavy atom. The zero-order chi connectivity index (χ0) is 35.8. The third kappa shape index (κ3) is 6.62. The lowest BCUT2D eigenvalue weighted by atomic mass is 9.91. The molecule has 2 aromatic carbocycles. The first kappa shape index (κ1) is 33.5. The number of carbonyl (C=O) groups excluding carboxylic acids is 2. The fraction of sp³-hybridized carbons (Fsp3) is 0.368. The number of nitrogens with one attached hydrogen (secondary N) is 3. The van der Waals surface area contributed by atoms with Gasteiger partial charge in [-0.1, -0.05) is 67.6 Å². The molecule has 268 valence electrons. The SMILES string of the molecule is CCC(=O)N[C@H]1C=C(n2cnc3c(NCC(c4ccccc4)c4ccccc4)nc(N4CC[C@@H](NC(=O)n5ccnc5)C4)nc32)[C@@H]2OC(C)(C)O[C@H]12. The van der Waals surface area contributed by atoms with Crippen LogP contribution < -0.4 is 20.9 Å². The van der Waals surface area contributed by atoms with E-state index < -0.39 is 18.0 Å². The molecule has 0 unspecified atom stereocenters. The summed E-state index contributed by atoms with van der Waals surface area (Å²) in [5, 5.41) is 9.84. The number of carbonyl (C=O) groups is 2.